The van der Waals surface area contributed by atoms with Gasteiger partial charge in [-0.3, -0.25) is 0 Å². The molecule has 11 rings (SSSR count). The lowest BCUT2D eigenvalue weighted by Gasteiger charge is -2.28. The third-order valence-electron chi connectivity index (χ3n) is 10.7. The van der Waals surface area contributed by atoms with Crippen LogP contribution in [0.3, 0.4) is 0 Å². The number of benzene rings is 8. The van der Waals surface area contributed by atoms with Crippen LogP contribution >= 0.6 is 11.3 Å². The molecule has 3 nitrogen and oxygen atoms in total. The number of hydrogen-bond acceptors (Lipinski definition) is 3. The van der Waals surface area contributed by atoms with E-state index in [1.54, 1.807) is 0 Å². The van der Waals surface area contributed by atoms with E-state index in [1.165, 1.54) is 58.8 Å². The number of thiophene rings is 1. The average Bonchev–Trinajstić information content (AvgIpc) is 3.71. The molecule has 0 unspecified atom stereocenters. The lowest BCUT2D eigenvalue weighted by atomic mass is 10.0. The van der Waals surface area contributed by atoms with Crippen molar-refractivity contribution in [2.24, 2.45) is 0 Å². The van der Waals surface area contributed by atoms with Crippen molar-refractivity contribution in [3.63, 3.8) is 0 Å². The molecule has 4 heteroatoms. The molecular weight excluding hydrogens is 675 g/mol. The topological polar surface area (TPSA) is 11.4 Å². The zero-order valence-electron chi connectivity index (χ0n) is 29.3. The number of aromatic nitrogens is 1. The molecule has 0 saturated heterocycles. The van der Waals surface area contributed by atoms with Gasteiger partial charge in [0.2, 0.25) is 0 Å². The van der Waals surface area contributed by atoms with E-state index in [2.05, 4.69) is 215 Å². The van der Waals surface area contributed by atoms with E-state index in [4.69, 9.17) is 0 Å². The summed E-state index contributed by atoms with van der Waals surface area (Å²) >= 11 is 1.88. The van der Waals surface area contributed by atoms with Crippen molar-refractivity contribution in [2.45, 2.75) is 0 Å². The summed E-state index contributed by atoms with van der Waals surface area (Å²) in [6.45, 7) is 0. The Morgan fingerprint density at radius 3 is 1.63 bits per heavy atom. The SMILES string of the molecule is C1=Cc2cccc3c4c(N(c5ccccc5)c5ccccc5)c5c(cc4n(c23)-c2cccc(N(c3ccccc3)c3ccccc3)c21)sc1ccccc15. The minimum atomic E-state index is 1.12. The lowest BCUT2D eigenvalue weighted by molar-refractivity contribution is 1.16. The monoisotopic (exact) mass is 707 g/mol. The predicted molar refractivity (Wildman–Crippen MR) is 232 cm³/mol. The summed E-state index contributed by atoms with van der Waals surface area (Å²) in [5.74, 6) is 0. The van der Waals surface area contributed by atoms with Gasteiger partial charge in [0.05, 0.1) is 28.1 Å². The Kier molecular flexibility index (Phi) is 7.04. The van der Waals surface area contributed by atoms with Gasteiger partial charge in [-0.1, -0.05) is 127 Å². The molecule has 0 amide bonds. The van der Waals surface area contributed by atoms with Crippen LogP contribution in [-0.4, -0.2) is 4.57 Å². The van der Waals surface area contributed by atoms with Gasteiger partial charge in [0.1, 0.15) is 0 Å². The second-order valence-electron chi connectivity index (χ2n) is 13.7. The maximum absolute atomic E-state index is 2.54. The normalized spacial score (nSPS) is 12.0. The smallest absolute Gasteiger partial charge is 0.0655 e. The highest BCUT2D eigenvalue weighted by Crippen LogP contribution is 2.53. The first-order chi connectivity index (χ1) is 26.8. The summed E-state index contributed by atoms with van der Waals surface area (Å²) in [7, 11) is 0. The largest absolute Gasteiger partial charge is 0.310 e. The van der Waals surface area contributed by atoms with Crippen LogP contribution in [-0.2, 0) is 0 Å². The quantitative estimate of drug-likeness (QED) is 0.170. The lowest BCUT2D eigenvalue weighted by Crippen LogP contribution is -2.12. The zero-order chi connectivity index (χ0) is 35.6. The van der Waals surface area contributed by atoms with E-state index in [0.717, 1.165) is 34.1 Å². The van der Waals surface area contributed by atoms with Gasteiger partial charge in [0, 0.05) is 59.3 Å². The molecule has 0 bridgehead atoms. The Bertz CT molecular complexity index is 2960. The fraction of sp³-hybridized carbons (Fsp3) is 0. The van der Waals surface area contributed by atoms with Crippen molar-refractivity contribution in [3.05, 3.63) is 199 Å². The maximum Gasteiger partial charge on any atom is 0.0655 e. The Balaban J connectivity index is 1.30. The standard InChI is InChI=1S/C50H33N3S/c1-5-18-35(19-6-1)51(36-20-7-2-8-21-36)42-28-16-29-43-39(42)32-31-34-17-15-27-41-47-44(53(43)49(34)41)33-46-48(40-26-13-14-30-45(40)54-46)50(47)52(37-22-9-3-10-23-37)38-24-11-4-12-25-38/h1-33H. The Morgan fingerprint density at radius 2 is 0.981 bits per heavy atom. The second-order valence-corrected chi connectivity index (χ2v) is 14.8. The van der Waals surface area contributed by atoms with Gasteiger partial charge in [-0.05, 0) is 78.4 Å². The van der Waals surface area contributed by atoms with E-state index >= 15 is 0 Å². The molecular formula is C50H33N3S. The van der Waals surface area contributed by atoms with Crippen molar-refractivity contribution in [3.8, 4) is 5.69 Å². The van der Waals surface area contributed by atoms with Gasteiger partial charge in [-0.25, -0.2) is 0 Å². The first-order valence-electron chi connectivity index (χ1n) is 18.4. The van der Waals surface area contributed by atoms with Crippen LogP contribution in [0.5, 0.6) is 0 Å². The Hall–Kier alpha value is -6.88. The fourth-order valence-electron chi connectivity index (χ4n) is 8.45. The minimum Gasteiger partial charge on any atom is -0.310 e. The molecule has 0 atom stereocenters. The molecule has 1 aliphatic heterocycles. The van der Waals surface area contributed by atoms with E-state index in [9.17, 15) is 0 Å². The van der Waals surface area contributed by atoms with Crippen LogP contribution in [0.25, 0.3) is 59.8 Å². The molecule has 254 valence electrons. The van der Waals surface area contributed by atoms with Gasteiger partial charge in [-0.15, -0.1) is 11.3 Å². The van der Waals surface area contributed by atoms with Gasteiger partial charge in [0.15, 0.2) is 0 Å². The third kappa shape index (κ3) is 4.67. The molecule has 3 heterocycles. The number of hydrogen-bond donors (Lipinski definition) is 0. The minimum absolute atomic E-state index is 1.12. The highest BCUT2D eigenvalue weighted by atomic mass is 32.1. The number of anilines is 6. The third-order valence-corrected chi connectivity index (χ3v) is 11.8. The average molecular weight is 708 g/mol. The van der Waals surface area contributed by atoms with Crippen molar-refractivity contribution >= 4 is 99.6 Å². The summed E-state index contributed by atoms with van der Waals surface area (Å²) in [6, 6.07) is 67.9. The molecule has 0 N–H and O–H groups in total. The first-order valence-corrected chi connectivity index (χ1v) is 19.2. The van der Waals surface area contributed by atoms with Crippen LogP contribution in [0.1, 0.15) is 11.1 Å². The van der Waals surface area contributed by atoms with Gasteiger partial charge in [0.25, 0.3) is 0 Å². The summed E-state index contributed by atoms with van der Waals surface area (Å²) in [6.07, 6.45) is 4.63. The number of rotatable bonds is 6. The van der Waals surface area contributed by atoms with Gasteiger partial charge in [-0.2, -0.15) is 0 Å². The van der Waals surface area contributed by atoms with Crippen LogP contribution in [0, 0.1) is 0 Å². The molecule has 0 spiro atoms. The fourth-order valence-corrected chi connectivity index (χ4v) is 9.60. The van der Waals surface area contributed by atoms with Crippen LogP contribution in [0.4, 0.5) is 34.1 Å². The molecule has 1 aliphatic rings. The summed E-state index contributed by atoms with van der Waals surface area (Å²) in [4.78, 5) is 4.86. The molecule has 10 aromatic rings. The summed E-state index contributed by atoms with van der Waals surface area (Å²) in [5, 5.41) is 5.03. The maximum atomic E-state index is 2.54. The zero-order valence-corrected chi connectivity index (χ0v) is 30.1. The van der Waals surface area contributed by atoms with Crippen LogP contribution in [0.2, 0.25) is 0 Å². The van der Waals surface area contributed by atoms with E-state index in [1.807, 2.05) is 11.3 Å². The van der Waals surface area contributed by atoms with E-state index in [-0.39, 0.29) is 0 Å². The van der Waals surface area contributed by atoms with Crippen LogP contribution in [0.15, 0.2) is 188 Å². The Labute approximate surface area is 317 Å². The molecule has 2 aromatic heterocycles. The summed E-state index contributed by atoms with van der Waals surface area (Å²) in [5.41, 5.74) is 12.7. The Morgan fingerprint density at radius 1 is 0.426 bits per heavy atom. The highest BCUT2D eigenvalue weighted by Gasteiger charge is 2.29. The number of fused-ring (bicyclic) bond motifs is 8. The molecule has 0 aliphatic carbocycles. The first kappa shape index (κ1) is 30.7. The second kappa shape index (κ2) is 12.4. The van der Waals surface area contributed by atoms with Crippen LogP contribution < -0.4 is 9.80 Å². The van der Waals surface area contributed by atoms with Crippen molar-refractivity contribution in [2.75, 3.05) is 9.80 Å². The van der Waals surface area contributed by atoms with Gasteiger partial charge < -0.3 is 14.4 Å². The molecule has 54 heavy (non-hydrogen) atoms. The number of para-hydroxylation sites is 5. The highest BCUT2D eigenvalue weighted by molar-refractivity contribution is 7.26. The van der Waals surface area contributed by atoms with Crippen molar-refractivity contribution in [1.82, 2.24) is 4.57 Å². The molecule has 0 radical (unpaired) electrons. The summed E-state index contributed by atoms with van der Waals surface area (Å²) < 4.78 is 5.09. The molecule has 0 fully saturated rings. The van der Waals surface area contributed by atoms with Gasteiger partial charge >= 0.3 is 0 Å². The van der Waals surface area contributed by atoms with E-state index < -0.39 is 0 Å². The van der Waals surface area contributed by atoms with Crippen molar-refractivity contribution in [1.29, 1.82) is 0 Å². The number of nitrogens with zero attached hydrogens (tertiary/aromatic N) is 3. The molecule has 0 saturated carbocycles. The van der Waals surface area contributed by atoms with Crippen molar-refractivity contribution < 1.29 is 0 Å². The molecule has 8 aromatic carbocycles. The van der Waals surface area contributed by atoms with E-state index in [0.29, 0.717) is 0 Å². The predicted octanol–water partition coefficient (Wildman–Crippen LogP) is 14.6.